The topological polar surface area (TPSA) is 78.4 Å². The number of hydrogen-bond donors (Lipinski definition) is 0. The van der Waals surface area contributed by atoms with Gasteiger partial charge in [-0.25, -0.2) is 4.79 Å². The fourth-order valence-corrected chi connectivity index (χ4v) is 4.94. The van der Waals surface area contributed by atoms with Crippen molar-refractivity contribution >= 4 is 28.7 Å². The molecule has 148 valence electrons. The van der Waals surface area contributed by atoms with Crippen molar-refractivity contribution < 1.29 is 18.4 Å². The number of hydrogen-bond acceptors (Lipinski definition) is 7. The molecule has 0 saturated heterocycles. The van der Waals surface area contributed by atoms with Crippen LogP contribution in [0.3, 0.4) is 0 Å². The number of carbonyl (C=O) groups is 1. The van der Waals surface area contributed by atoms with E-state index in [1.807, 2.05) is 36.0 Å². The molecule has 1 fully saturated rings. The maximum atomic E-state index is 12.9. The molecule has 7 heteroatoms. The molecule has 2 heterocycles. The minimum atomic E-state index is -0.638. The van der Waals surface area contributed by atoms with Gasteiger partial charge in [-0.05, 0) is 25.8 Å². The fraction of sp³-hybridized carbons (Fsp3) is 0.476. The molecule has 0 radical (unpaired) electrons. The summed E-state index contributed by atoms with van der Waals surface area (Å²) in [6, 6.07) is 7.75. The zero-order valence-electron chi connectivity index (χ0n) is 16.1. The van der Waals surface area contributed by atoms with Gasteiger partial charge in [0.15, 0.2) is 6.10 Å². The standard InChI is InChI=1S/C21H24N2O4S/c1-13(20-23-22-14(2)26-20)25-21(24)19-17(12-28-15-8-4-3-5-9-15)16-10-6-7-11-18(16)27-19/h6-7,10-11,13,15H,3-5,8-9,12H2,1-2H3. The number of aryl methyl sites for hydroxylation is 1. The SMILES string of the molecule is Cc1nnc(C(C)OC(=O)c2oc3ccccc3c2CSC2CCCCC2)o1. The largest absolute Gasteiger partial charge is 0.449 e. The molecule has 1 saturated carbocycles. The maximum absolute atomic E-state index is 12.9. The van der Waals surface area contributed by atoms with Gasteiger partial charge in [-0.1, -0.05) is 37.5 Å². The minimum absolute atomic E-state index is 0.271. The summed E-state index contributed by atoms with van der Waals surface area (Å²) in [6.45, 7) is 3.41. The molecule has 28 heavy (non-hydrogen) atoms. The van der Waals surface area contributed by atoms with Crippen molar-refractivity contribution in [3.63, 3.8) is 0 Å². The predicted octanol–water partition coefficient (Wildman–Crippen LogP) is 5.61. The highest BCUT2D eigenvalue weighted by atomic mass is 32.2. The number of rotatable bonds is 6. The number of esters is 1. The lowest BCUT2D eigenvalue weighted by atomic mass is 10.0. The minimum Gasteiger partial charge on any atom is -0.449 e. The number of thioether (sulfide) groups is 1. The van der Waals surface area contributed by atoms with E-state index in [9.17, 15) is 4.79 Å². The van der Waals surface area contributed by atoms with Crippen molar-refractivity contribution in [2.75, 3.05) is 0 Å². The van der Waals surface area contributed by atoms with Gasteiger partial charge in [0.1, 0.15) is 5.58 Å². The number of nitrogens with zero attached hydrogens (tertiary/aromatic N) is 2. The molecular formula is C21H24N2O4S. The summed E-state index contributed by atoms with van der Waals surface area (Å²) in [5.74, 6) is 1.22. The monoisotopic (exact) mass is 400 g/mol. The van der Waals surface area contributed by atoms with E-state index in [1.54, 1.807) is 13.8 Å². The molecule has 1 unspecified atom stereocenters. The number of fused-ring (bicyclic) bond motifs is 1. The summed E-state index contributed by atoms with van der Waals surface area (Å²) < 4.78 is 16.8. The summed E-state index contributed by atoms with van der Waals surface area (Å²) >= 11 is 1.91. The van der Waals surface area contributed by atoms with Crippen LogP contribution in [0.15, 0.2) is 33.1 Å². The third kappa shape index (κ3) is 4.09. The molecule has 0 N–H and O–H groups in total. The zero-order valence-corrected chi connectivity index (χ0v) is 17.0. The smallest absolute Gasteiger partial charge is 0.375 e. The lowest BCUT2D eigenvalue weighted by molar-refractivity contribution is 0.0242. The molecule has 0 amide bonds. The molecule has 1 aliphatic rings. The van der Waals surface area contributed by atoms with Crippen molar-refractivity contribution in [1.82, 2.24) is 10.2 Å². The van der Waals surface area contributed by atoms with Crippen LogP contribution in [0.2, 0.25) is 0 Å². The zero-order chi connectivity index (χ0) is 19.5. The first-order valence-electron chi connectivity index (χ1n) is 9.75. The molecule has 3 aromatic rings. The van der Waals surface area contributed by atoms with Crippen molar-refractivity contribution in [1.29, 1.82) is 0 Å². The maximum Gasteiger partial charge on any atom is 0.375 e. The first kappa shape index (κ1) is 19.1. The number of para-hydroxylation sites is 1. The van der Waals surface area contributed by atoms with E-state index >= 15 is 0 Å². The van der Waals surface area contributed by atoms with Gasteiger partial charge in [-0.2, -0.15) is 11.8 Å². The lowest BCUT2D eigenvalue weighted by Crippen LogP contribution is -2.12. The second kappa shape index (κ2) is 8.39. The average molecular weight is 401 g/mol. The first-order valence-corrected chi connectivity index (χ1v) is 10.8. The Morgan fingerprint density at radius 2 is 2.00 bits per heavy atom. The van der Waals surface area contributed by atoms with E-state index < -0.39 is 12.1 Å². The molecule has 1 atom stereocenters. The van der Waals surface area contributed by atoms with Crippen LogP contribution in [0, 0.1) is 6.92 Å². The Morgan fingerprint density at radius 3 is 2.75 bits per heavy atom. The van der Waals surface area contributed by atoms with Gasteiger partial charge < -0.3 is 13.6 Å². The van der Waals surface area contributed by atoms with Crippen LogP contribution in [0.25, 0.3) is 11.0 Å². The molecule has 6 nitrogen and oxygen atoms in total. The van der Waals surface area contributed by atoms with Gasteiger partial charge in [0.2, 0.25) is 11.7 Å². The molecule has 0 bridgehead atoms. The number of benzene rings is 1. The Balaban J connectivity index is 1.55. The Morgan fingerprint density at radius 1 is 1.21 bits per heavy atom. The van der Waals surface area contributed by atoms with E-state index in [-0.39, 0.29) is 11.7 Å². The van der Waals surface area contributed by atoms with Crippen molar-refractivity contribution in [3.05, 3.63) is 47.4 Å². The van der Waals surface area contributed by atoms with Crippen LogP contribution in [0.5, 0.6) is 0 Å². The van der Waals surface area contributed by atoms with Gasteiger partial charge in [-0.3, -0.25) is 0 Å². The highest BCUT2D eigenvalue weighted by Gasteiger charge is 2.26. The van der Waals surface area contributed by atoms with Gasteiger partial charge >= 0.3 is 5.97 Å². The molecular weight excluding hydrogens is 376 g/mol. The summed E-state index contributed by atoms with van der Waals surface area (Å²) in [7, 11) is 0. The number of carbonyl (C=O) groups excluding carboxylic acids is 1. The third-order valence-electron chi connectivity index (χ3n) is 5.07. The number of ether oxygens (including phenoxy) is 1. The van der Waals surface area contributed by atoms with Gasteiger partial charge in [-0.15, -0.1) is 10.2 Å². The van der Waals surface area contributed by atoms with Crippen LogP contribution in [-0.2, 0) is 10.5 Å². The van der Waals surface area contributed by atoms with E-state index in [4.69, 9.17) is 13.6 Å². The number of aromatic nitrogens is 2. The summed E-state index contributed by atoms with van der Waals surface area (Å²) in [6.07, 6.45) is 5.76. The van der Waals surface area contributed by atoms with Gasteiger partial charge in [0.05, 0.1) is 0 Å². The Hall–Kier alpha value is -2.28. The van der Waals surface area contributed by atoms with E-state index in [1.165, 1.54) is 32.1 Å². The van der Waals surface area contributed by atoms with E-state index in [0.717, 1.165) is 16.7 Å². The summed E-state index contributed by atoms with van der Waals surface area (Å²) in [5, 5.41) is 9.33. The van der Waals surface area contributed by atoms with Gasteiger partial charge in [0.25, 0.3) is 5.89 Å². The fourth-order valence-electron chi connectivity index (χ4n) is 3.58. The summed E-state index contributed by atoms with van der Waals surface area (Å²) in [5.41, 5.74) is 1.61. The first-order chi connectivity index (χ1) is 13.6. The third-order valence-corrected chi connectivity index (χ3v) is 6.47. The van der Waals surface area contributed by atoms with E-state index in [2.05, 4.69) is 10.2 Å². The highest BCUT2D eigenvalue weighted by molar-refractivity contribution is 7.99. The van der Waals surface area contributed by atoms with Crippen LogP contribution in [-0.4, -0.2) is 21.4 Å². The molecule has 1 aliphatic carbocycles. The molecule has 0 aliphatic heterocycles. The molecule has 1 aromatic carbocycles. The average Bonchev–Trinajstić information content (AvgIpc) is 3.31. The van der Waals surface area contributed by atoms with Crippen molar-refractivity contribution in [2.24, 2.45) is 0 Å². The van der Waals surface area contributed by atoms with Crippen LogP contribution < -0.4 is 0 Å². The quantitative estimate of drug-likeness (QED) is 0.498. The Bertz CT molecular complexity index is 958. The van der Waals surface area contributed by atoms with Gasteiger partial charge in [0, 0.05) is 28.9 Å². The second-order valence-corrected chi connectivity index (χ2v) is 8.47. The van der Waals surface area contributed by atoms with Crippen molar-refractivity contribution in [3.8, 4) is 0 Å². The molecule has 4 rings (SSSR count). The second-order valence-electron chi connectivity index (χ2n) is 7.18. The number of furan rings is 1. The predicted molar refractivity (Wildman–Crippen MR) is 107 cm³/mol. The normalized spacial score (nSPS) is 16.4. The van der Waals surface area contributed by atoms with Crippen LogP contribution in [0.1, 0.15) is 73.0 Å². The molecule has 2 aromatic heterocycles. The molecule has 0 spiro atoms. The lowest BCUT2D eigenvalue weighted by Gasteiger charge is -2.20. The summed E-state index contributed by atoms with van der Waals surface area (Å²) in [4.78, 5) is 12.9. The van der Waals surface area contributed by atoms with Crippen LogP contribution in [0.4, 0.5) is 0 Å². The Labute approximate surface area is 168 Å². The highest BCUT2D eigenvalue weighted by Crippen LogP contribution is 2.35. The van der Waals surface area contributed by atoms with Crippen LogP contribution >= 0.6 is 11.8 Å². The Kier molecular flexibility index (Phi) is 5.71. The van der Waals surface area contributed by atoms with Crippen molar-refractivity contribution in [2.45, 2.75) is 63.1 Å². The van der Waals surface area contributed by atoms with E-state index in [0.29, 0.717) is 16.7 Å².